The molecule has 0 atom stereocenters. The summed E-state index contributed by atoms with van der Waals surface area (Å²) in [6.45, 7) is 2.40. The molecule has 0 aliphatic rings. The van der Waals surface area contributed by atoms with Crippen LogP contribution in [0.3, 0.4) is 0 Å². The number of anilines is 3. The van der Waals surface area contributed by atoms with Crippen LogP contribution < -0.4 is 15.4 Å². The van der Waals surface area contributed by atoms with E-state index in [4.69, 9.17) is 4.74 Å². The van der Waals surface area contributed by atoms with E-state index in [0.29, 0.717) is 23.9 Å². The van der Waals surface area contributed by atoms with E-state index in [9.17, 15) is 4.79 Å². The van der Waals surface area contributed by atoms with Crippen LogP contribution in [0.4, 0.5) is 17.2 Å². The predicted octanol–water partition coefficient (Wildman–Crippen LogP) is 4.42. The summed E-state index contributed by atoms with van der Waals surface area (Å²) in [5.41, 5.74) is 2.45. The summed E-state index contributed by atoms with van der Waals surface area (Å²) in [5, 5.41) is 15.2. The number of aromatic nitrogens is 3. The molecule has 7 nitrogen and oxygen atoms in total. The van der Waals surface area contributed by atoms with Crippen molar-refractivity contribution < 1.29 is 9.53 Å². The third kappa shape index (κ3) is 4.14. The first-order valence-corrected chi connectivity index (χ1v) is 9.22. The van der Waals surface area contributed by atoms with E-state index in [2.05, 4.69) is 25.8 Å². The van der Waals surface area contributed by atoms with E-state index in [1.54, 1.807) is 30.5 Å². The Morgan fingerprint density at radius 1 is 0.931 bits per heavy atom. The molecule has 0 unspecified atom stereocenters. The van der Waals surface area contributed by atoms with Crippen LogP contribution >= 0.6 is 0 Å². The zero-order valence-electron chi connectivity index (χ0n) is 15.8. The molecule has 0 bridgehead atoms. The first-order valence-electron chi connectivity index (χ1n) is 9.22. The Morgan fingerprint density at radius 2 is 1.76 bits per heavy atom. The molecule has 0 radical (unpaired) electrons. The molecule has 4 rings (SSSR count). The highest BCUT2D eigenvalue weighted by Crippen LogP contribution is 2.25. The summed E-state index contributed by atoms with van der Waals surface area (Å²) in [4.78, 5) is 16.9. The van der Waals surface area contributed by atoms with E-state index in [0.717, 1.165) is 16.6 Å². The number of carbonyl (C=O) groups is 1. The van der Waals surface area contributed by atoms with Gasteiger partial charge in [0, 0.05) is 11.6 Å². The average molecular weight is 385 g/mol. The second kappa shape index (κ2) is 8.35. The summed E-state index contributed by atoms with van der Waals surface area (Å²) < 4.78 is 5.53. The molecular formula is C22H19N5O2. The number of nitrogens with one attached hydrogen (secondary N) is 2. The van der Waals surface area contributed by atoms with Crippen LogP contribution in [-0.2, 0) is 0 Å². The van der Waals surface area contributed by atoms with Crippen molar-refractivity contribution in [2.24, 2.45) is 0 Å². The summed E-state index contributed by atoms with van der Waals surface area (Å²) in [6.07, 6.45) is 1.74. The lowest BCUT2D eigenvalue weighted by atomic mass is 10.2. The van der Waals surface area contributed by atoms with Gasteiger partial charge in [-0.15, -0.1) is 10.2 Å². The predicted molar refractivity (Wildman–Crippen MR) is 113 cm³/mol. The Hall–Kier alpha value is -4.00. The Bertz CT molecular complexity index is 1140. The fourth-order valence-corrected chi connectivity index (χ4v) is 2.90. The molecular weight excluding hydrogens is 366 g/mol. The summed E-state index contributed by atoms with van der Waals surface area (Å²) in [6, 6.07) is 20.3. The number of nitrogens with zero attached hydrogens (tertiary/aromatic N) is 3. The number of ether oxygens (including phenoxy) is 1. The largest absolute Gasteiger partial charge is 0.492 e. The fourth-order valence-electron chi connectivity index (χ4n) is 2.90. The van der Waals surface area contributed by atoms with E-state index in [1.165, 1.54) is 0 Å². The molecule has 29 heavy (non-hydrogen) atoms. The fraction of sp³-hybridized carbons (Fsp3) is 0.0909. The third-order valence-corrected chi connectivity index (χ3v) is 4.23. The summed E-state index contributed by atoms with van der Waals surface area (Å²) in [5.74, 6) is 0.774. The van der Waals surface area contributed by atoms with Gasteiger partial charge in [-0.05, 0) is 43.3 Å². The van der Waals surface area contributed by atoms with Gasteiger partial charge in [0.25, 0.3) is 5.91 Å². The molecule has 1 amide bonds. The highest BCUT2D eigenvalue weighted by molar-refractivity contribution is 6.03. The van der Waals surface area contributed by atoms with Crippen LogP contribution in [0.1, 0.15) is 17.4 Å². The van der Waals surface area contributed by atoms with Gasteiger partial charge in [-0.3, -0.25) is 9.78 Å². The molecule has 0 aliphatic heterocycles. The summed E-state index contributed by atoms with van der Waals surface area (Å²) in [7, 11) is 0. The number of hydrogen-bond acceptors (Lipinski definition) is 6. The van der Waals surface area contributed by atoms with Crippen molar-refractivity contribution in [2.45, 2.75) is 6.92 Å². The Morgan fingerprint density at radius 3 is 2.59 bits per heavy atom. The highest BCUT2D eigenvalue weighted by atomic mass is 16.5. The Labute approximate surface area is 167 Å². The van der Waals surface area contributed by atoms with E-state index < -0.39 is 0 Å². The molecule has 4 aromatic rings. The van der Waals surface area contributed by atoms with Gasteiger partial charge in [0.1, 0.15) is 5.75 Å². The minimum atomic E-state index is -0.358. The van der Waals surface area contributed by atoms with Crippen molar-refractivity contribution in [2.75, 3.05) is 17.2 Å². The van der Waals surface area contributed by atoms with Crippen LogP contribution in [0.25, 0.3) is 10.9 Å². The van der Waals surface area contributed by atoms with Crippen molar-refractivity contribution >= 4 is 34.0 Å². The standard InChI is InChI=1S/C22H19N5O2/c1-2-29-19-11-4-3-9-16(19)25-22(28)18-12-13-20(27-26-18)24-17-10-5-7-15-8-6-14-23-21(15)17/h3-14H,2H2,1H3,(H,24,27)(H,25,28). The molecule has 2 N–H and O–H groups in total. The number of rotatable bonds is 6. The smallest absolute Gasteiger partial charge is 0.276 e. The Balaban J connectivity index is 1.50. The lowest BCUT2D eigenvalue weighted by Gasteiger charge is -2.11. The van der Waals surface area contributed by atoms with Crippen LogP contribution in [-0.4, -0.2) is 27.7 Å². The molecule has 144 valence electrons. The molecule has 0 spiro atoms. The van der Waals surface area contributed by atoms with Gasteiger partial charge in [-0.25, -0.2) is 0 Å². The van der Waals surface area contributed by atoms with Crippen LogP contribution in [0.5, 0.6) is 5.75 Å². The van der Waals surface area contributed by atoms with Crippen LogP contribution in [0.15, 0.2) is 72.9 Å². The minimum Gasteiger partial charge on any atom is -0.492 e. The molecule has 2 heterocycles. The van der Waals surface area contributed by atoms with Crippen molar-refractivity contribution in [3.8, 4) is 5.75 Å². The maximum atomic E-state index is 12.5. The van der Waals surface area contributed by atoms with Gasteiger partial charge in [-0.1, -0.05) is 30.3 Å². The zero-order valence-corrected chi connectivity index (χ0v) is 15.8. The van der Waals surface area contributed by atoms with Crippen LogP contribution in [0.2, 0.25) is 0 Å². The second-order valence-corrected chi connectivity index (χ2v) is 6.19. The quantitative estimate of drug-likeness (QED) is 0.511. The third-order valence-electron chi connectivity index (χ3n) is 4.23. The lowest BCUT2D eigenvalue weighted by molar-refractivity contribution is 0.102. The summed E-state index contributed by atoms with van der Waals surface area (Å²) >= 11 is 0. The van der Waals surface area contributed by atoms with Crippen LogP contribution in [0, 0.1) is 0 Å². The number of benzene rings is 2. The first-order chi connectivity index (χ1) is 14.2. The number of fused-ring (bicyclic) bond motifs is 1. The monoisotopic (exact) mass is 385 g/mol. The van der Waals surface area contributed by atoms with Crippen molar-refractivity contribution in [3.05, 3.63) is 78.6 Å². The van der Waals surface area contributed by atoms with Gasteiger partial charge in [0.2, 0.25) is 0 Å². The van der Waals surface area contributed by atoms with E-state index >= 15 is 0 Å². The van der Waals surface area contributed by atoms with Gasteiger partial charge >= 0.3 is 0 Å². The number of carbonyl (C=O) groups excluding carboxylic acids is 1. The molecule has 2 aromatic carbocycles. The molecule has 0 aliphatic carbocycles. The zero-order chi connectivity index (χ0) is 20.1. The van der Waals surface area contributed by atoms with Crippen molar-refractivity contribution in [1.82, 2.24) is 15.2 Å². The number of hydrogen-bond donors (Lipinski definition) is 2. The molecule has 7 heteroatoms. The highest BCUT2D eigenvalue weighted by Gasteiger charge is 2.12. The maximum absolute atomic E-state index is 12.5. The minimum absolute atomic E-state index is 0.206. The maximum Gasteiger partial charge on any atom is 0.276 e. The van der Waals surface area contributed by atoms with Gasteiger partial charge in [0.05, 0.1) is 23.5 Å². The van der Waals surface area contributed by atoms with Crippen molar-refractivity contribution in [1.29, 1.82) is 0 Å². The number of amides is 1. The molecule has 0 saturated heterocycles. The average Bonchev–Trinajstić information content (AvgIpc) is 2.76. The number of pyridine rings is 1. The molecule has 2 aromatic heterocycles. The first kappa shape index (κ1) is 18.4. The Kier molecular flexibility index (Phi) is 5.29. The normalized spacial score (nSPS) is 10.5. The molecule has 0 saturated carbocycles. The lowest BCUT2D eigenvalue weighted by Crippen LogP contribution is -2.15. The number of para-hydroxylation sites is 3. The van der Waals surface area contributed by atoms with Crippen molar-refractivity contribution in [3.63, 3.8) is 0 Å². The van der Waals surface area contributed by atoms with Gasteiger partial charge < -0.3 is 15.4 Å². The topological polar surface area (TPSA) is 89.0 Å². The van der Waals surface area contributed by atoms with Gasteiger partial charge in [0.15, 0.2) is 11.5 Å². The molecule has 0 fully saturated rings. The van der Waals surface area contributed by atoms with E-state index in [-0.39, 0.29) is 11.6 Å². The van der Waals surface area contributed by atoms with E-state index in [1.807, 2.05) is 49.4 Å². The van der Waals surface area contributed by atoms with Gasteiger partial charge in [-0.2, -0.15) is 0 Å². The SMILES string of the molecule is CCOc1ccccc1NC(=O)c1ccc(Nc2cccc3cccnc23)nn1. The second-order valence-electron chi connectivity index (χ2n) is 6.19.